The first-order valence-corrected chi connectivity index (χ1v) is 9.51. The number of alkyl halides is 1. The van der Waals surface area contributed by atoms with Gasteiger partial charge in [0.1, 0.15) is 24.0 Å². The van der Waals surface area contributed by atoms with Crippen LogP contribution in [0.1, 0.15) is 37.0 Å². The van der Waals surface area contributed by atoms with Gasteiger partial charge in [-0.2, -0.15) is 0 Å². The first kappa shape index (κ1) is 19.3. The molecule has 0 radical (unpaired) electrons. The molecule has 0 bridgehead atoms. The summed E-state index contributed by atoms with van der Waals surface area (Å²) in [6.07, 6.45) is 7.00. The molecule has 9 heteroatoms. The van der Waals surface area contributed by atoms with Gasteiger partial charge in [0.2, 0.25) is 0 Å². The molecule has 0 aromatic carbocycles. The summed E-state index contributed by atoms with van der Waals surface area (Å²) in [5.41, 5.74) is 0.147. The fourth-order valence-electron chi connectivity index (χ4n) is 2.91. The Balaban J connectivity index is 1.62. The zero-order valence-corrected chi connectivity index (χ0v) is 16.3. The lowest BCUT2D eigenvalue weighted by Gasteiger charge is -2.22. The third-order valence-electron chi connectivity index (χ3n) is 4.88. The van der Waals surface area contributed by atoms with E-state index in [0.29, 0.717) is 28.8 Å². The summed E-state index contributed by atoms with van der Waals surface area (Å²) in [6.45, 7) is 2.45. The van der Waals surface area contributed by atoms with Crippen LogP contribution in [0.5, 0.6) is 0 Å². The molecule has 1 saturated carbocycles. The van der Waals surface area contributed by atoms with Gasteiger partial charge in [-0.3, -0.25) is 9.36 Å². The van der Waals surface area contributed by atoms with Gasteiger partial charge in [0.05, 0.1) is 23.4 Å². The van der Waals surface area contributed by atoms with Crippen LogP contribution in [0.4, 0.5) is 10.1 Å². The van der Waals surface area contributed by atoms with E-state index < -0.39 is 17.7 Å². The highest BCUT2D eigenvalue weighted by Gasteiger charge is 2.28. The highest BCUT2D eigenvalue weighted by molar-refractivity contribution is 5.99. The number of amides is 1. The number of carbonyl (C=O) groups is 1. The molecule has 0 unspecified atom stereocenters. The fourth-order valence-corrected chi connectivity index (χ4v) is 2.91. The van der Waals surface area contributed by atoms with E-state index in [1.807, 2.05) is 16.8 Å². The quantitative estimate of drug-likeness (QED) is 0.564. The summed E-state index contributed by atoms with van der Waals surface area (Å²) in [7, 11) is 0. The Bertz CT molecular complexity index is 1040. The van der Waals surface area contributed by atoms with Gasteiger partial charge in [0.25, 0.3) is 5.91 Å². The summed E-state index contributed by atoms with van der Waals surface area (Å²) in [4.78, 5) is 25.4. The van der Waals surface area contributed by atoms with Crippen LogP contribution in [0.2, 0.25) is 0 Å². The largest absolute Gasteiger partial charge is 0.387 e. The van der Waals surface area contributed by atoms with Crippen molar-refractivity contribution in [2.24, 2.45) is 0 Å². The number of rotatable bonds is 7. The first-order valence-electron chi connectivity index (χ1n) is 9.51. The van der Waals surface area contributed by atoms with Gasteiger partial charge in [-0.1, -0.05) is 0 Å². The van der Waals surface area contributed by atoms with E-state index >= 15 is 0 Å². The number of nitrogens with zero attached hydrogens (tertiary/aromatic N) is 4. The molecule has 29 heavy (non-hydrogen) atoms. The minimum Gasteiger partial charge on any atom is -0.387 e. The van der Waals surface area contributed by atoms with Crippen LogP contribution < -0.4 is 10.6 Å². The Kier molecular flexibility index (Phi) is 4.91. The number of hydrogen-bond donors (Lipinski definition) is 3. The van der Waals surface area contributed by atoms with Gasteiger partial charge in [0, 0.05) is 36.1 Å². The highest BCUT2D eigenvalue weighted by atomic mass is 19.1. The van der Waals surface area contributed by atoms with Gasteiger partial charge >= 0.3 is 0 Å². The molecule has 3 heterocycles. The molecule has 3 N–H and O–H groups in total. The van der Waals surface area contributed by atoms with Crippen molar-refractivity contribution in [3.8, 4) is 5.82 Å². The van der Waals surface area contributed by atoms with Gasteiger partial charge in [-0.05, 0) is 32.8 Å². The Morgan fingerprint density at radius 3 is 2.90 bits per heavy atom. The molecule has 0 spiro atoms. The van der Waals surface area contributed by atoms with Crippen LogP contribution >= 0.6 is 0 Å². The van der Waals surface area contributed by atoms with Crippen LogP contribution in [0.3, 0.4) is 0 Å². The minimum absolute atomic E-state index is 0.286. The van der Waals surface area contributed by atoms with Crippen molar-refractivity contribution < 1.29 is 14.3 Å². The standard InChI is InChI=1S/C20H23FN6O2/c1-20(2,29)16(21)10-24-19(28)14-9-23-17(7-15(14)26-13-3-4-13)27-6-5-12-8-22-11-25-18(12)27/h5-9,11,13,16,29H,3-4,10H2,1-2H3,(H,23,26)(H,24,28)/t16-/m1/s1. The normalized spacial score (nSPS) is 15.3. The van der Waals surface area contributed by atoms with Crippen molar-refractivity contribution in [1.29, 1.82) is 0 Å². The van der Waals surface area contributed by atoms with Gasteiger partial charge in [0.15, 0.2) is 0 Å². The smallest absolute Gasteiger partial charge is 0.255 e. The second kappa shape index (κ2) is 7.40. The van der Waals surface area contributed by atoms with Crippen molar-refractivity contribution in [1.82, 2.24) is 24.8 Å². The summed E-state index contributed by atoms with van der Waals surface area (Å²) in [6, 6.07) is 3.99. The molecule has 1 aliphatic carbocycles. The fraction of sp³-hybridized carbons (Fsp3) is 0.400. The zero-order valence-electron chi connectivity index (χ0n) is 16.3. The van der Waals surface area contributed by atoms with Crippen LogP contribution in [-0.2, 0) is 0 Å². The van der Waals surface area contributed by atoms with Crippen LogP contribution in [-0.4, -0.2) is 54.9 Å². The molecular formula is C20H23FN6O2. The lowest BCUT2D eigenvalue weighted by Crippen LogP contribution is -2.42. The molecule has 3 aromatic rings. The van der Waals surface area contributed by atoms with E-state index in [2.05, 4.69) is 25.6 Å². The summed E-state index contributed by atoms with van der Waals surface area (Å²) < 4.78 is 15.8. The van der Waals surface area contributed by atoms with E-state index in [9.17, 15) is 14.3 Å². The second-order valence-corrected chi connectivity index (χ2v) is 7.83. The van der Waals surface area contributed by atoms with E-state index in [1.165, 1.54) is 26.4 Å². The van der Waals surface area contributed by atoms with Crippen molar-refractivity contribution in [2.45, 2.75) is 44.5 Å². The maximum atomic E-state index is 14.0. The monoisotopic (exact) mass is 398 g/mol. The number of nitrogens with one attached hydrogen (secondary N) is 2. The maximum Gasteiger partial charge on any atom is 0.255 e. The number of carbonyl (C=O) groups excluding carboxylic acids is 1. The summed E-state index contributed by atoms with van der Waals surface area (Å²) in [5, 5.41) is 16.5. The van der Waals surface area contributed by atoms with Gasteiger partial charge < -0.3 is 15.7 Å². The molecule has 152 valence electrons. The van der Waals surface area contributed by atoms with Crippen LogP contribution in [0.25, 0.3) is 16.9 Å². The zero-order chi connectivity index (χ0) is 20.6. The molecule has 8 nitrogen and oxygen atoms in total. The molecule has 1 aliphatic rings. The average Bonchev–Trinajstić information content (AvgIpc) is 3.40. The summed E-state index contributed by atoms with van der Waals surface area (Å²) in [5.74, 6) is 0.164. The molecule has 1 amide bonds. The Labute approximate surface area is 167 Å². The number of anilines is 1. The van der Waals surface area contributed by atoms with Crippen LogP contribution in [0.15, 0.2) is 37.1 Å². The van der Waals surface area contributed by atoms with Crippen molar-refractivity contribution in [2.75, 3.05) is 11.9 Å². The number of aliphatic hydroxyl groups is 1. The molecule has 3 aromatic heterocycles. The number of halogens is 1. The molecule has 4 rings (SSSR count). The molecule has 0 saturated heterocycles. The Hall–Kier alpha value is -3.07. The molecule has 1 atom stereocenters. The molecule has 0 aliphatic heterocycles. The third kappa shape index (κ3) is 4.19. The Morgan fingerprint density at radius 2 is 2.17 bits per heavy atom. The predicted octanol–water partition coefficient (Wildman–Crippen LogP) is 2.23. The first-order chi connectivity index (χ1) is 13.8. The lowest BCUT2D eigenvalue weighted by atomic mass is 10.0. The third-order valence-corrected chi connectivity index (χ3v) is 4.88. The number of hydrogen-bond acceptors (Lipinski definition) is 6. The van der Waals surface area contributed by atoms with E-state index in [1.54, 1.807) is 12.3 Å². The van der Waals surface area contributed by atoms with Crippen molar-refractivity contribution in [3.05, 3.63) is 42.6 Å². The minimum atomic E-state index is -1.58. The lowest BCUT2D eigenvalue weighted by molar-refractivity contribution is -0.00177. The SMILES string of the molecule is CC(C)(O)[C@H](F)CNC(=O)c1cnc(-n2ccc3cncnc32)cc1NC1CC1. The Morgan fingerprint density at radius 1 is 1.38 bits per heavy atom. The number of pyridine rings is 1. The highest BCUT2D eigenvalue weighted by Crippen LogP contribution is 2.28. The topological polar surface area (TPSA) is 105 Å². The van der Waals surface area contributed by atoms with Gasteiger partial charge in [-0.25, -0.2) is 19.3 Å². The van der Waals surface area contributed by atoms with E-state index in [4.69, 9.17) is 0 Å². The number of aromatic nitrogens is 4. The number of fused-ring (bicyclic) bond motifs is 1. The summed E-state index contributed by atoms with van der Waals surface area (Å²) >= 11 is 0. The van der Waals surface area contributed by atoms with Crippen LogP contribution in [0, 0.1) is 0 Å². The molecule has 1 fully saturated rings. The van der Waals surface area contributed by atoms with Crippen molar-refractivity contribution >= 4 is 22.6 Å². The van der Waals surface area contributed by atoms with E-state index in [-0.39, 0.29) is 6.54 Å². The second-order valence-electron chi connectivity index (χ2n) is 7.83. The maximum absolute atomic E-state index is 14.0. The predicted molar refractivity (Wildman–Crippen MR) is 107 cm³/mol. The van der Waals surface area contributed by atoms with Crippen molar-refractivity contribution in [3.63, 3.8) is 0 Å². The van der Waals surface area contributed by atoms with E-state index in [0.717, 1.165) is 18.2 Å². The molecular weight excluding hydrogens is 375 g/mol. The average molecular weight is 398 g/mol. The van der Waals surface area contributed by atoms with Gasteiger partial charge in [-0.15, -0.1) is 0 Å².